The lowest BCUT2D eigenvalue weighted by Gasteiger charge is -2.40. The zero-order valence-corrected chi connectivity index (χ0v) is 14.5. The first kappa shape index (κ1) is 16.9. The van der Waals surface area contributed by atoms with Gasteiger partial charge in [-0.05, 0) is 19.4 Å². The zero-order chi connectivity index (χ0) is 17.7. The fourth-order valence-corrected chi connectivity index (χ4v) is 3.59. The van der Waals surface area contributed by atoms with Gasteiger partial charge in [-0.25, -0.2) is 0 Å². The Morgan fingerprint density at radius 3 is 2.68 bits per heavy atom. The van der Waals surface area contributed by atoms with Crippen molar-refractivity contribution in [2.75, 3.05) is 6.61 Å². The van der Waals surface area contributed by atoms with Gasteiger partial charge in [0, 0.05) is 6.92 Å². The maximum absolute atomic E-state index is 11.6. The first-order chi connectivity index (χ1) is 11.9. The fourth-order valence-electron chi connectivity index (χ4n) is 3.59. The second kappa shape index (κ2) is 6.03. The largest absolute Gasteiger partial charge is 0.427 e. The highest BCUT2D eigenvalue weighted by Gasteiger charge is 2.68. The van der Waals surface area contributed by atoms with Crippen molar-refractivity contribution in [2.24, 2.45) is 0 Å². The first-order valence-corrected chi connectivity index (χ1v) is 8.39. The molecule has 0 saturated carbocycles. The van der Waals surface area contributed by atoms with Crippen LogP contribution in [0.3, 0.4) is 0 Å². The zero-order valence-electron chi connectivity index (χ0n) is 14.5. The van der Waals surface area contributed by atoms with Crippen LogP contribution in [0.5, 0.6) is 0 Å². The van der Waals surface area contributed by atoms with Crippen LogP contribution in [0.15, 0.2) is 30.3 Å². The third kappa shape index (κ3) is 3.07. The van der Waals surface area contributed by atoms with Gasteiger partial charge in [0.2, 0.25) is 0 Å². The molecule has 0 N–H and O–H groups in total. The molecule has 0 spiro atoms. The van der Waals surface area contributed by atoms with Crippen LogP contribution in [0.4, 0.5) is 0 Å². The summed E-state index contributed by atoms with van der Waals surface area (Å²) in [5, 5.41) is 0. The molecule has 0 unspecified atom stereocenters. The Kier molecular flexibility index (Phi) is 4.09. The molecule has 0 radical (unpaired) electrons. The van der Waals surface area contributed by atoms with Crippen LogP contribution in [0.25, 0.3) is 0 Å². The molecule has 0 amide bonds. The van der Waals surface area contributed by atoms with Crippen LogP contribution in [0.1, 0.15) is 26.3 Å². The van der Waals surface area contributed by atoms with E-state index in [0.29, 0.717) is 6.61 Å². The van der Waals surface area contributed by atoms with E-state index < -0.39 is 42.1 Å². The smallest absolute Gasteiger partial charge is 0.305 e. The summed E-state index contributed by atoms with van der Waals surface area (Å²) in [4.78, 5) is 11.6. The summed E-state index contributed by atoms with van der Waals surface area (Å²) >= 11 is 0. The molecule has 2 bridgehead atoms. The number of fused-ring (bicyclic) bond motifs is 4. The Morgan fingerprint density at radius 2 is 1.96 bits per heavy atom. The number of rotatable bonds is 4. The Labute approximate surface area is 146 Å². The van der Waals surface area contributed by atoms with Gasteiger partial charge in [-0.15, -0.1) is 0 Å². The number of benzene rings is 1. The number of carbonyl (C=O) groups excluding carboxylic acids is 1. The lowest BCUT2D eigenvalue weighted by Crippen LogP contribution is -2.61. The van der Waals surface area contributed by atoms with Crippen molar-refractivity contribution in [3.05, 3.63) is 35.9 Å². The van der Waals surface area contributed by atoms with E-state index in [9.17, 15) is 4.79 Å². The minimum Gasteiger partial charge on any atom is -0.427 e. The maximum Gasteiger partial charge on any atom is 0.305 e. The monoisotopic (exact) mass is 350 g/mol. The molecule has 7 heteroatoms. The highest BCUT2D eigenvalue weighted by Crippen LogP contribution is 2.47. The minimum absolute atomic E-state index is 0.0864. The third-order valence-corrected chi connectivity index (χ3v) is 4.52. The van der Waals surface area contributed by atoms with Crippen molar-refractivity contribution in [1.29, 1.82) is 0 Å². The van der Waals surface area contributed by atoms with E-state index in [1.807, 2.05) is 44.2 Å². The molecule has 25 heavy (non-hydrogen) atoms. The molecule has 5 atom stereocenters. The summed E-state index contributed by atoms with van der Waals surface area (Å²) in [5.74, 6) is -2.58. The van der Waals surface area contributed by atoms with Crippen LogP contribution in [-0.4, -0.2) is 48.8 Å². The van der Waals surface area contributed by atoms with Gasteiger partial charge in [-0.2, -0.15) is 0 Å². The number of hydrogen-bond donors (Lipinski definition) is 0. The average Bonchev–Trinajstić information content (AvgIpc) is 3.08. The van der Waals surface area contributed by atoms with Gasteiger partial charge in [0.15, 0.2) is 18.2 Å². The summed E-state index contributed by atoms with van der Waals surface area (Å²) in [7, 11) is 0. The third-order valence-electron chi connectivity index (χ3n) is 4.52. The molecule has 0 aliphatic carbocycles. The van der Waals surface area contributed by atoms with Crippen molar-refractivity contribution in [3.63, 3.8) is 0 Å². The normalized spacial score (nSPS) is 38.4. The summed E-state index contributed by atoms with van der Waals surface area (Å²) < 4.78 is 35.1. The second-order valence-corrected chi connectivity index (χ2v) is 6.98. The Hall–Kier alpha value is -1.51. The number of esters is 1. The van der Waals surface area contributed by atoms with Gasteiger partial charge in [0.25, 0.3) is 5.79 Å². The van der Waals surface area contributed by atoms with Crippen molar-refractivity contribution in [3.8, 4) is 0 Å². The predicted octanol–water partition coefficient (Wildman–Crippen LogP) is 1.74. The summed E-state index contributed by atoms with van der Waals surface area (Å²) in [5.41, 5.74) is 1.03. The van der Waals surface area contributed by atoms with E-state index in [1.165, 1.54) is 6.92 Å². The van der Waals surface area contributed by atoms with Crippen LogP contribution >= 0.6 is 0 Å². The van der Waals surface area contributed by atoms with Gasteiger partial charge in [-0.3, -0.25) is 4.79 Å². The molecule has 0 aromatic heterocycles. The van der Waals surface area contributed by atoms with Crippen molar-refractivity contribution >= 4 is 5.97 Å². The van der Waals surface area contributed by atoms with Crippen molar-refractivity contribution in [1.82, 2.24) is 0 Å². The lowest BCUT2D eigenvalue weighted by molar-refractivity contribution is -0.312. The molecule has 1 aromatic rings. The standard InChI is InChI=1S/C18H22O7/c1-11(19)22-18-10-21-16(25-18)14(13-15(18)24-17(2,3)23-13)20-9-12-7-5-4-6-8-12/h4-8,13-16H,9-10H2,1-3H3/t13-,14-,15-,16-,18-/m1/s1. The Bertz CT molecular complexity index is 646. The molecule has 3 aliphatic heterocycles. The van der Waals surface area contributed by atoms with E-state index in [2.05, 4.69) is 0 Å². The second-order valence-electron chi connectivity index (χ2n) is 6.98. The Balaban J connectivity index is 1.56. The SMILES string of the molecule is CC(=O)O[C@]12CO[C@H](O1)[C@H](OCc1ccccc1)[C@H]1OC(C)(C)O[C@H]12. The van der Waals surface area contributed by atoms with Gasteiger partial charge in [0.1, 0.15) is 18.8 Å². The van der Waals surface area contributed by atoms with Gasteiger partial charge < -0.3 is 28.4 Å². The van der Waals surface area contributed by atoms with Gasteiger partial charge >= 0.3 is 5.97 Å². The highest BCUT2D eigenvalue weighted by atomic mass is 16.9. The van der Waals surface area contributed by atoms with E-state index in [1.54, 1.807) is 0 Å². The molecule has 7 nitrogen and oxygen atoms in total. The summed E-state index contributed by atoms with van der Waals surface area (Å²) in [6, 6.07) is 9.82. The minimum atomic E-state index is -1.29. The molecular weight excluding hydrogens is 328 g/mol. The number of ether oxygens (including phenoxy) is 6. The molecule has 1 aromatic carbocycles. The van der Waals surface area contributed by atoms with Crippen molar-refractivity contribution < 1.29 is 33.2 Å². The first-order valence-electron chi connectivity index (χ1n) is 8.39. The Morgan fingerprint density at radius 1 is 1.20 bits per heavy atom. The lowest BCUT2D eigenvalue weighted by atomic mass is 9.98. The quantitative estimate of drug-likeness (QED) is 0.766. The van der Waals surface area contributed by atoms with Crippen LogP contribution in [0.2, 0.25) is 0 Å². The van der Waals surface area contributed by atoms with Crippen LogP contribution in [-0.2, 0) is 39.8 Å². The topological polar surface area (TPSA) is 72.5 Å². The van der Waals surface area contributed by atoms with E-state index in [0.717, 1.165) is 5.56 Å². The van der Waals surface area contributed by atoms with Gasteiger partial charge in [0.05, 0.1) is 6.61 Å². The number of carbonyl (C=O) groups is 1. The van der Waals surface area contributed by atoms with Crippen LogP contribution in [0, 0.1) is 0 Å². The average molecular weight is 350 g/mol. The van der Waals surface area contributed by atoms with E-state index >= 15 is 0 Å². The van der Waals surface area contributed by atoms with Gasteiger partial charge in [-0.1, -0.05) is 30.3 Å². The molecule has 3 saturated heterocycles. The van der Waals surface area contributed by atoms with Crippen molar-refractivity contribution in [2.45, 2.75) is 63.6 Å². The summed E-state index contributed by atoms with van der Waals surface area (Å²) in [6.07, 6.45) is -2.25. The van der Waals surface area contributed by atoms with Crippen LogP contribution < -0.4 is 0 Å². The molecule has 3 fully saturated rings. The fraction of sp³-hybridized carbons (Fsp3) is 0.611. The maximum atomic E-state index is 11.6. The van der Waals surface area contributed by atoms with E-state index in [-0.39, 0.29) is 6.61 Å². The number of hydrogen-bond acceptors (Lipinski definition) is 7. The molecule has 136 valence electrons. The molecule has 3 heterocycles. The summed E-state index contributed by atoms with van der Waals surface area (Å²) in [6.45, 7) is 5.44. The molecule has 4 rings (SSSR count). The predicted molar refractivity (Wildman–Crippen MR) is 84.2 cm³/mol. The van der Waals surface area contributed by atoms with E-state index in [4.69, 9.17) is 28.4 Å². The highest BCUT2D eigenvalue weighted by molar-refractivity contribution is 5.66. The molecule has 3 aliphatic rings. The molecular formula is C18H22O7.